The Balaban J connectivity index is 2.05. The van der Waals surface area contributed by atoms with Gasteiger partial charge in [-0.1, -0.05) is 6.42 Å². The molecule has 0 aliphatic carbocycles. The first kappa shape index (κ1) is 13.5. The van der Waals surface area contributed by atoms with Crippen molar-refractivity contribution in [2.75, 3.05) is 26.2 Å². The topological polar surface area (TPSA) is 29.5 Å². The van der Waals surface area contributed by atoms with Gasteiger partial charge in [0.2, 0.25) is 0 Å². The lowest BCUT2D eigenvalue weighted by Crippen LogP contribution is -2.31. The number of rotatable bonds is 4. The number of likely N-dealkylation sites (tertiary alicyclic amines) is 1. The van der Waals surface area contributed by atoms with Gasteiger partial charge in [0.25, 0.3) is 0 Å². The minimum atomic E-state index is -0.370. The molecule has 0 bridgehead atoms. The Morgan fingerprint density at radius 1 is 1.19 bits per heavy atom. The molecule has 3 heteroatoms. The molecule has 1 saturated heterocycles. The molecule has 0 aromatic rings. The summed E-state index contributed by atoms with van der Waals surface area (Å²) in [6.45, 7) is 9.73. The van der Waals surface area contributed by atoms with E-state index in [9.17, 15) is 4.79 Å². The van der Waals surface area contributed by atoms with Crippen molar-refractivity contribution < 1.29 is 9.53 Å². The van der Waals surface area contributed by atoms with E-state index in [4.69, 9.17) is 4.74 Å². The molecule has 3 nitrogen and oxygen atoms in total. The average molecular weight is 227 g/mol. The van der Waals surface area contributed by atoms with Crippen molar-refractivity contribution in [3.63, 3.8) is 0 Å². The Bertz CT molecular complexity index is 214. The molecule has 0 aromatic heterocycles. The molecule has 94 valence electrons. The Morgan fingerprint density at radius 2 is 1.81 bits per heavy atom. The minimum absolute atomic E-state index is 0.0915. The maximum atomic E-state index is 11.5. The normalized spacial score (nSPS) is 18.4. The van der Waals surface area contributed by atoms with Crippen molar-refractivity contribution in [2.45, 2.75) is 46.5 Å². The van der Waals surface area contributed by atoms with Gasteiger partial charge in [-0.05, 0) is 53.1 Å². The van der Waals surface area contributed by atoms with Gasteiger partial charge >= 0.3 is 5.97 Å². The minimum Gasteiger partial charge on any atom is -0.465 e. The molecule has 1 aliphatic heterocycles. The van der Waals surface area contributed by atoms with E-state index in [0.29, 0.717) is 6.61 Å². The van der Waals surface area contributed by atoms with Crippen molar-refractivity contribution in [2.24, 2.45) is 5.41 Å². The molecule has 1 aliphatic rings. The van der Waals surface area contributed by atoms with Crippen LogP contribution in [-0.2, 0) is 9.53 Å². The third-order valence-electron chi connectivity index (χ3n) is 2.91. The van der Waals surface area contributed by atoms with E-state index in [-0.39, 0.29) is 11.4 Å². The fraction of sp³-hybridized carbons (Fsp3) is 0.923. The zero-order chi connectivity index (χ0) is 12.0. The maximum absolute atomic E-state index is 11.5. The lowest BCUT2D eigenvalue weighted by Gasteiger charge is -2.26. The van der Waals surface area contributed by atoms with E-state index >= 15 is 0 Å². The molecule has 0 aromatic carbocycles. The van der Waals surface area contributed by atoms with E-state index in [2.05, 4.69) is 4.90 Å². The number of carbonyl (C=O) groups is 1. The first-order valence-corrected chi connectivity index (χ1v) is 6.40. The first-order valence-electron chi connectivity index (χ1n) is 6.40. The predicted octanol–water partition coefficient (Wildman–Crippen LogP) is 2.45. The van der Waals surface area contributed by atoms with Crippen LogP contribution in [0.3, 0.4) is 0 Å². The smallest absolute Gasteiger partial charge is 0.311 e. The standard InChI is InChI=1S/C13H25NO2/c1-13(2,3)12(15)16-11-7-10-14-8-5-4-6-9-14/h4-11H2,1-3H3. The van der Waals surface area contributed by atoms with Crippen LogP contribution in [0.1, 0.15) is 46.5 Å². The highest BCUT2D eigenvalue weighted by Crippen LogP contribution is 2.15. The summed E-state index contributed by atoms with van der Waals surface area (Å²) in [7, 11) is 0. The van der Waals surface area contributed by atoms with Gasteiger partial charge in [-0.15, -0.1) is 0 Å². The quantitative estimate of drug-likeness (QED) is 0.546. The lowest BCUT2D eigenvalue weighted by atomic mass is 9.97. The summed E-state index contributed by atoms with van der Waals surface area (Å²) >= 11 is 0. The van der Waals surface area contributed by atoms with Crippen LogP contribution in [0.4, 0.5) is 0 Å². The summed E-state index contributed by atoms with van der Waals surface area (Å²) in [6, 6.07) is 0. The van der Waals surface area contributed by atoms with Crippen molar-refractivity contribution >= 4 is 5.97 Å². The SMILES string of the molecule is CC(C)(C)C(=O)OCCCN1CCCCC1. The summed E-state index contributed by atoms with van der Waals surface area (Å²) in [5.41, 5.74) is -0.370. The van der Waals surface area contributed by atoms with Crippen molar-refractivity contribution in [3.05, 3.63) is 0 Å². The molecular formula is C13H25NO2. The summed E-state index contributed by atoms with van der Waals surface area (Å²) in [5, 5.41) is 0. The largest absolute Gasteiger partial charge is 0.465 e. The highest BCUT2D eigenvalue weighted by Gasteiger charge is 2.22. The summed E-state index contributed by atoms with van der Waals surface area (Å²) in [6.07, 6.45) is 4.97. The highest BCUT2D eigenvalue weighted by molar-refractivity contribution is 5.75. The average Bonchev–Trinajstić information content (AvgIpc) is 2.24. The zero-order valence-corrected chi connectivity index (χ0v) is 10.9. The number of ether oxygens (including phenoxy) is 1. The summed E-state index contributed by atoms with van der Waals surface area (Å²) in [5.74, 6) is -0.0915. The molecule has 0 amide bonds. The molecule has 0 N–H and O–H groups in total. The van der Waals surface area contributed by atoms with Crippen molar-refractivity contribution in [1.29, 1.82) is 0 Å². The van der Waals surface area contributed by atoms with Crippen molar-refractivity contribution in [3.8, 4) is 0 Å². The monoisotopic (exact) mass is 227 g/mol. The second-order valence-electron chi connectivity index (χ2n) is 5.64. The molecule has 16 heavy (non-hydrogen) atoms. The Kier molecular flexibility index (Phi) is 5.26. The van der Waals surface area contributed by atoms with Crippen molar-refractivity contribution in [1.82, 2.24) is 4.90 Å². The van der Waals surface area contributed by atoms with Gasteiger partial charge in [0, 0.05) is 6.54 Å². The molecule has 1 heterocycles. The van der Waals surface area contributed by atoms with E-state index in [1.165, 1.54) is 32.4 Å². The van der Waals surface area contributed by atoms with Crippen LogP contribution in [0.15, 0.2) is 0 Å². The van der Waals surface area contributed by atoms with E-state index in [1.54, 1.807) is 0 Å². The Labute approximate surface area is 99.1 Å². The molecular weight excluding hydrogens is 202 g/mol. The molecule has 1 fully saturated rings. The second-order valence-corrected chi connectivity index (χ2v) is 5.64. The van der Waals surface area contributed by atoms with Crippen LogP contribution in [0.25, 0.3) is 0 Å². The number of hydrogen-bond donors (Lipinski definition) is 0. The maximum Gasteiger partial charge on any atom is 0.311 e. The Hall–Kier alpha value is -0.570. The van der Waals surface area contributed by atoms with Crippen LogP contribution in [0, 0.1) is 5.41 Å². The van der Waals surface area contributed by atoms with Gasteiger partial charge in [0.05, 0.1) is 12.0 Å². The van der Waals surface area contributed by atoms with Gasteiger partial charge in [0.15, 0.2) is 0 Å². The van der Waals surface area contributed by atoms with Gasteiger partial charge in [-0.3, -0.25) is 4.79 Å². The number of hydrogen-bond acceptors (Lipinski definition) is 3. The summed E-state index contributed by atoms with van der Waals surface area (Å²) in [4.78, 5) is 13.9. The molecule has 0 atom stereocenters. The predicted molar refractivity (Wildman–Crippen MR) is 65.3 cm³/mol. The van der Waals surface area contributed by atoms with Gasteiger partial charge in [-0.25, -0.2) is 0 Å². The number of esters is 1. The first-order chi connectivity index (χ1) is 7.50. The van der Waals surface area contributed by atoms with E-state index < -0.39 is 0 Å². The fourth-order valence-electron chi connectivity index (χ4n) is 1.85. The van der Waals surface area contributed by atoms with Gasteiger partial charge < -0.3 is 9.64 Å². The number of nitrogens with zero attached hydrogens (tertiary/aromatic N) is 1. The highest BCUT2D eigenvalue weighted by atomic mass is 16.5. The van der Waals surface area contributed by atoms with Crippen LogP contribution >= 0.6 is 0 Å². The second kappa shape index (κ2) is 6.24. The van der Waals surface area contributed by atoms with Crippen LogP contribution < -0.4 is 0 Å². The molecule has 0 spiro atoms. The Morgan fingerprint density at radius 3 is 2.38 bits per heavy atom. The third kappa shape index (κ3) is 4.97. The van der Waals surface area contributed by atoms with Crippen LogP contribution in [0.5, 0.6) is 0 Å². The zero-order valence-electron chi connectivity index (χ0n) is 10.9. The number of piperidine rings is 1. The molecule has 0 saturated carbocycles. The molecule has 0 radical (unpaired) electrons. The van der Waals surface area contributed by atoms with E-state index in [1.807, 2.05) is 20.8 Å². The molecule has 0 unspecified atom stereocenters. The van der Waals surface area contributed by atoms with Gasteiger partial charge in [-0.2, -0.15) is 0 Å². The number of carbonyl (C=O) groups excluding carboxylic acids is 1. The van der Waals surface area contributed by atoms with Crippen LogP contribution in [-0.4, -0.2) is 37.1 Å². The van der Waals surface area contributed by atoms with E-state index in [0.717, 1.165) is 13.0 Å². The summed E-state index contributed by atoms with van der Waals surface area (Å²) < 4.78 is 5.23. The van der Waals surface area contributed by atoms with Crippen LogP contribution in [0.2, 0.25) is 0 Å². The lowest BCUT2D eigenvalue weighted by molar-refractivity contribution is -0.153. The fourth-order valence-corrected chi connectivity index (χ4v) is 1.85. The van der Waals surface area contributed by atoms with Gasteiger partial charge in [0.1, 0.15) is 0 Å². The third-order valence-corrected chi connectivity index (χ3v) is 2.91. The molecule has 1 rings (SSSR count).